The van der Waals surface area contributed by atoms with Gasteiger partial charge in [0.15, 0.2) is 0 Å². The first kappa shape index (κ1) is 18.8. The van der Waals surface area contributed by atoms with Crippen LogP contribution in [0.4, 0.5) is 5.69 Å². The second-order valence-electron chi connectivity index (χ2n) is 6.92. The van der Waals surface area contributed by atoms with E-state index in [0.29, 0.717) is 34.8 Å². The number of anilines is 1. The summed E-state index contributed by atoms with van der Waals surface area (Å²) in [6, 6.07) is 3.53. The summed E-state index contributed by atoms with van der Waals surface area (Å²) in [7, 11) is 3.02. The summed E-state index contributed by atoms with van der Waals surface area (Å²) in [5.74, 6) is 0.458. The lowest BCUT2D eigenvalue weighted by Gasteiger charge is -2.31. The quantitative estimate of drug-likeness (QED) is 0.849. The predicted molar refractivity (Wildman–Crippen MR) is 99.9 cm³/mol. The molecule has 0 unspecified atom stereocenters. The molecule has 6 nitrogen and oxygen atoms in total. The minimum absolute atomic E-state index is 0.0812. The van der Waals surface area contributed by atoms with Crippen molar-refractivity contribution in [2.24, 2.45) is 5.92 Å². The van der Waals surface area contributed by atoms with Gasteiger partial charge in [-0.3, -0.25) is 9.59 Å². The number of carbonyl (C=O) groups is 2. The number of ether oxygens (including phenoxy) is 2. The summed E-state index contributed by atoms with van der Waals surface area (Å²) in [6.07, 6.45) is 5.90. The number of benzene rings is 1. The maximum atomic E-state index is 12.7. The van der Waals surface area contributed by atoms with Crippen LogP contribution < -0.4 is 14.8 Å². The number of carbonyl (C=O) groups excluding carboxylic acids is 2. The van der Waals surface area contributed by atoms with Crippen LogP contribution in [-0.4, -0.2) is 43.5 Å². The highest BCUT2D eigenvalue weighted by Crippen LogP contribution is 2.36. The van der Waals surface area contributed by atoms with Crippen LogP contribution in [0.2, 0.25) is 5.02 Å². The van der Waals surface area contributed by atoms with Gasteiger partial charge in [0.1, 0.15) is 11.5 Å². The lowest BCUT2D eigenvalue weighted by Crippen LogP contribution is -2.38. The molecule has 1 aliphatic heterocycles. The monoisotopic (exact) mass is 380 g/mol. The third-order valence-electron chi connectivity index (χ3n) is 5.28. The second kappa shape index (κ2) is 8.16. The van der Waals surface area contributed by atoms with Gasteiger partial charge in [-0.2, -0.15) is 0 Å². The summed E-state index contributed by atoms with van der Waals surface area (Å²) in [4.78, 5) is 27.0. The first-order valence-corrected chi connectivity index (χ1v) is 9.43. The number of methoxy groups -OCH3 is 2. The van der Waals surface area contributed by atoms with Crippen LogP contribution in [0.3, 0.4) is 0 Å². The summed E-state index contributed by atoms with van der Waals surface area (Å²) < 4.78 is 10.5. The molecule has 0 aromatic heterocycles. The van der Waals surface area contributed by atoms with Crippen molar-refractivity contribution >= 4 is 29.1 Å². The molecular formula is C19H25ClN2O4. The molecule has 0 spiro atoms. The average Bonchev–Trinajstić information content (AvgIpc) is 3.05. The highest BCUT2D eigenvalue weighted by molar-refractivity contribution is 6.32. The molecule has 1 saturated carbocycles. The van der Waals surface area contributed by atoms with E-state index in [1.165, 1.54) is 20.6 Å². The van der Waals surface area contributed by atoms with Gasteiger partial charge in [-0.1, -0.05) is 30.9 Å². The number of likely N-dealkylation sites (tertiary alicyclic amines) is 1. The van der Waals surface area contributed by atoms with Crippen LogP contribution in [-0.2, 0) is 9.59 Å². The van der Waals surface area contributed by atoms with Crippen LogP contribution >= 0.6 is 11.6 Å². The molecule has 7 heteroatoms. The minimum Gasteiger partial charge on any atom is -0.495 e. The van der Waals surface area contributed by atoms with Crippen molar-refractivity contribution in [3.8, 4) is 11.5 Å². The SMILES string of the molecule is COc1cc(NC(=O)[C@@H]2CC(=O)N(C3CCCCC3)C2)c(OC)cc1Cl. The molecule has 1 saturated heterocycles. The second-order valence-corrected chi connectivity index (χ2v) is 7.32. The Balaban J connectivity index is 1.69. The molecule has 0 bridgehead atoms. The standard InChI is InChI=1S/C19H25ClN2O4/c1-25-16-10-15(17(26-2)9-14(16)20)21-19(24)12-8-18(23)22(11-12)13-6-4-3-5-7-13/h9-10,12-13H,3-8,11H2,1-2H3,(H,21,24)/t12-/m1/s1. The Morgan fingerprint density at radius 3 is 2.50 bits per heavy atom. The van der Waals surface area contributed by atoms with E-state index in [4.69, 9.17) is 21.1 Å². The molecule has 2 aliphatic rings. The number of amides is 2. The number of halogens is 1. The zero-order chi connectivity index (χ0) is 18.7. The van der Waals surface area contributed by atoms with E-state index in [-0.39, 0.29) is 24.2 Å². The van der Waals surface area contributed by atoms with Crippen molar-refractivity contribution < 1.29 is 19.1 Å². The van der Waals surface area contributed by atoms with Crippen LogP contribution in [0.5, 0.6) is 11.5 Å². The fourth-order valence-electron chi connectivity index (χ4n) is 3.85. The van der Waals surface area contributed by atoms with E-state index in [0.717, 1.165) is 25.7 Å². The summed E-state index contributed by atoms with van der Waals surface area (Å²) in [6.45, 7) is 0.488. The van der Waals surface area contributed by atoms with E-state index in [1.54, 1.807) is 12.1 Å². The molecule has 1 aromatic rings. The molecule has 2 fully saturated rings. The van der Waals surface area contributed by atoms with E-state index in [2.05, 4.69) is 5.32 Å². The molecule has 3 rings (SSSR count). The van der Waals surface area contributed by atoms with Crippen molar-refractivity contribution in [1.82, 2.24) is 4.90 Å². The largest absolute Gasteiger partial charge is 0.495 e. The van der Waals surface area contributed by atoms with Gasteiger partial charge in [0, 0.05) is 31.1 Å². The number of nitrogens with zero attached hydrogens (tertiary/aromatic N) is 1. The topological polar surface area (TPSA) is 67.9 Å². The number of hydrogen-bond acceptors (Lipinski definition) is 4. The van der Waals surface area contributed by atoms with Crippen molar-refractivity contribution in [1.29, 1.82) is 0 Å². The van der Waals surface area contributed by atoms with Gasteiger partial charge in [-0.15, -0.1) is 0 Å². The van der Waals surface area contributed by atoms with Crippen LogP contribution in [0.15, 0.2) is 12.1 Å². The molecule has 2 amide bonds. The number of rotatable bonds is 5. The van der Waals surface area contributed by atoms with Gasteiger partial charge in [0.2, 0.25) is 11.8 Å². The zero-order valence-electron chi connectivity index (χ0n) is 15.2. The van der Waals surface area contributed by atoms with Gasteiger partial charge in [-0.25, -0.2) is 0 Å². The first-order chi connectivity index (χ1) is 12.5. The van der Waals surface area contributed by atoms with Crippen molar-refractivity contribution in [2.75, 3.05) is 26.1 Å². The summed E-state index contributed by atoms with van der Waals surface area (Å²) >= 11 is 6.10. The van der Waals surface area contributed by atoms with Crippen LogP contribution in [0.25, 0.3) is 0 Å². The lowest BCUT2D eigenvalue weighted by molar-refractivity contribution is -0.130. The van der Waals surface area contributed by atoms with Crippen LogP contribution in [0.1, 0.15) is 38.5 Å². The molecule has 1 N–H and O–H groups in total. The molecule has 0 radical (unpaired) electrons. The van der Waals surface area contributed by atoms with Crippen molar-refractivity contribution in [2.45, 2.75) is 44.6 Å². The smallest absolute Gasteiger partial charge is 0.229 e. The average molecular weight is 381 g/mol. The Kier molecular flexibility index (Phi) is 5.91. The predicted octanol–water partition coefficient (Wildman–Crippen LogP) is 3.48. The Bertz CT molecular complexity index is 688. The van der Waals surface area contributed by atoms with E-state index in [1.807, 2.05) is 4.90 Å². The molecule has 1 heterocycles. The fourth-order valence-corrected chi connectivity index (χ4v) is 4.08. The maximum Gasteiger partial charge on any atom is 0.229 e. The Morgan fingerprint density at radius 2 is 1.85 bits per heavy atom. The third-order valence-corrected chi connectivity index (χ3v) is 5.57. The summed E-state index contributed by atoms with van der Waals surface area (Å²) in [5.41, 5.74) is 0.488. The first-order valence-electron chi connectivity index (χ1n) is 9.05. The Hall–Kier alpha value is -1.95. The Labute approximate surface area is 158 Å². The van der Waals surface area contributed by atoms with Crippen molar-refractivity contribution in [3.63, 3.8) is 0 Å². The molecular weight excluding hydrogens is 356 g/mol. The third kappa shape index (κ3) is 3.90. The van der Waals surface area contributed by atoms with Gasteiger partial charge >= 0.3 is 0 Å². The molecule has 1 aromatic carbocycles. The van der Waals surface area contributed by atoms with E-state index in [9.17, 15) is 9.59 Å². The van der Waals surface area contributed by atoms with Crippen LogP contribution in [0, 0.1) is 5.92 Å². The number of hydrogen-bond donors (Lipinski definition) is 1. The van der Waals surface area contributed by atoms with E-state index >= 15 is 0 Å². The lowest BCUT2D eigenvalue weighted by atomic mass is 9.94. The maximum absolute atomic E-state index is 12.7. The minimum atomic E-state index is -0.351. The normalized spacial score (nSPS) is 21.0. The van der Waals surface area contributed by atoms with Gasteiger partial charge < -0.3 is 19.7 Å². The Morgan fingerprint density at radius 1 is 1.15 bits per heavy atom. The summed E-state index contributed by atoms with van der Waals surface area (Å²) in [5, 5.41) is 3.27. The van der Waals surface area contributed by atoms with Gasteiger partial charge in [0.05, 0.1) is 30.8 Å². The van der Waals surface area contributed by atoms with E-state index < -0.39 is 0 Å². The van der Waals surface area contributed by atoms with Gasteiger partial charge in [0.25, 0.3) is 0 Å². The van der Waals surface area contributed by atoms with Gasteiger partial charge in [-0.05, 0) is 12.8 Å². The van der Waals surface area contributed by atoms with Crippen molar-refractivity contribution in [3.05, 3.63) is 17.2 Å². The highest BCUT2D eigenvalue weighted by atomic mass is 35.5. The number of nitrogens with one attached hydrogen (secondary N) is 1. The fraction of sp³-hybridized carbons (Fsp3) is 0.579. The molecule has 142 valence electrons. The molecule has 26 heavy (non-hydrogen) atoms. The molecule has 1 atom stereocenters. The zero-order valence-corrected chi connectivity index (χ0v) is 16.0. The highest BCUT2D eigenvalue weighted by Gasteiger charge is 2.38. The molecule has 1 aliphatic carbocycles.